The fourth-order valence-corrected chi connectivity index (χ4v) is 2.47. The molecule has 1 rings (SSSR count). The van der Waals surface area contributed by atoms with Crippen LogP contribution in [0.1, 0.15) is 12.8 Å². The van der Waals surface area contributed by atoms with Gasteiger partial charge in [0.1, 0.15) is 0 Å². The summed E-state index contributed by atoms with van der Waals surface area (Å²) in [6.45, 7) is 0.895. The molecule has 0 atom stereocenters. The Kier molecular flexibility index (Phi) is 3.67. The number of amidine groups is 1. The van der Waals surface area contributed by atoms with E-state index >= 15 is 0 Å². The highest BCUT2D eigenvalue weighted by Crippen LogP contribution is 2.10. The van der Waals surface area contributed by atoms with Crippen molar-refractivity contribution in [3.8, 4) is 0 Å². The molecular formula is C6H14N4O3S. The van der Waals surface area contributed by atoms with Crippen LogP contribution < -0.4 is 10.5 Å². The Balaban J connectivity index is 2.49. The van der Waals surface area contributed by atoms with Gasteiger partial charge < -0.3 is 10.9 Å². The van der Waals surface area contributed by atoms with E-state index < -0.39 is 10.2 Å². The fraction of sp³-hybridized carbons (Fsp3) is 0.833. The number of nitrogens with two attached hydrogens (primary N) is 1. The van der Waals surface area contributed by atoms with Gasteiger partial charge in [-0.25, -0.2) is 0 Å². The van der Waals surface area contributed by atoms with Gasteiger partial charge >= 0.3 is 0 Å². The van der Waals surface area contributed by atoms with Gasteiger partial charge in [-0.3, -0.25) is 0 Å². The number of rotatable bonds is 4. The molecule has 0 radical (unpaired) electrons. The Morgan fingerprint density at radius 1 is 1.50 bits per heavy atom. The molecule has 1 heterocycles. The summed E-state index contributed by atoms with van der Waals surface area (Å²) in [4.78, 5) is 0. The Morgan fingerprint density at radius 3 is 2.57 bits per heavy atom. The normalized spacial score (nSPS) is 20.1. The van der Waals surface area contributed by atoms with Crippen molar-refractivity contribution in [2.75, 3.05) is 19.6 Å². The summed E-state index contributed by atoms with van der Waals surface area (Å²) < 4.78 is 26.5. The van der Waals surface area contributed by atoms with Crippen molar-refractivity contribution >= 4 is 16.0 Å². The van der Waals surface area contributed by atoms with Crippen molar-refractivity contribution in [1.29, 1.82) is 0 Å². The SMILES string of the molecule is N/C(CNS(=O)(=O)N1CCCC1)=N\O. The quantitative estimate of drug-likeness (QED) is 0.237. The third-order valence-electron chi connectivity index (χ3n) is 1.97. The van der Waals surface area contributed by atoms with E-state index in [0.717, 1.165) is 12.8 Å². The van der Waals surface area contributed by atoms with Gasteiger partial charge in [-0.05, 0) is 12.8 Å². The predicted octanol–water partition coefficient (Wildman–Crippen LogP) is -1.34. The molecule has 1 fully saturated rings. The van der Waals surface area contributed by atoms with Crippen LogP contribution in [0.15, 0.2) is 5.16 Å². The first-order valence-electron chi connectivity index (χ1n) is 4.27. The first-order valence-corrected chi connectivity index (χ1v) is 5.71. The maximum Gasteiger partial charge on any atom is 0.279 e. The average Bonchev–Trinajstić information content (AvgIpc) is 2.67. The first-order chi connectivity index (χ1) is 6.56. The van der Waals surface area contributed by atoms with Crippen molar-refractivity contribution in [2.45, 2.75) is 12.8 Å². The van der Waals surface area contributed by atoms with E-state index in [1.54, 1.807) is 0 Å². The van der Waals surface area contributed by atoms with Crippen LogP contribution in [0.2, 0.25) is 0 Å². The molecular weight excluding hydrogens is 208 g/mol. The fourth-order valence-electron chi connectivity index (χ4n) is 1.22. The van der Waals surface area contributed by atoms with E-state index in [2.05, 4.69) is 9.88 Å². The summed E-state index contributed by atoms with van der Waals surface area (Å²) in [6.07, 6.45) is 1.76. The predicted molar refractivity (Wildman–Crippen MR) is 51.1 cm³/mol. The van der Waals surface area contributed by atoms with Gasteiger partial charge in [0, 0.05) is 13.1 Å². The number of hydrogen-bond acceptors (Lipinski definition) is 4. The minimum atomic E-state index is -3.45. The van der Waals surface area contributed by atoms with E-state index in [9.17, 15) is 8.42 Å². The third-order valence-corrected chi connectivity index (χ3v) is 3.52. The molecule has 7 nitrogen and oxygen atoms in total. The molecule has 0 amide bonds. The van der Waals surface area contributed by atoms with Gasteiger partial charge in [0.05, 0.1) is 6.54 Å². The summed E-state index contributed by atoms with van der Waals surface area (Å²) in [5.41, 5.74) is 5.13. The number of hydrogen-bond donors (Lipinski definition) is 3. The molecule has 0 aromatic heterocycles. The maximum absolute atomic E-state index is 11.5. The van der Waals surface area contributed by atoms with Gasteiger partial charge in [0.15, 0.2) is 5.84 Å². The Bertz CT molecular complexity index is 307. The summed E-state index contributed by atoms with van der Waals surface area (Å²) in [5.74, 6) is -0.159. The molecule has 8 heteroatoms. The molecule has 0 aliphatic carbocycles. The zero-order valence-electron chi connectivity index (χ0n) is 7.68. The molecule has 0 unspecified atom stereocenters. The highest BCUT2D eigenvalue weighted by Gasteiger charge is 2.24. The van der Waals surface area contributed by atoms with E-state index in [1.165, 1.54) is 4.31 Å². The van der Waals surface area contributed by atoms with Crippen molar-refractivity contribution in [2.24, 2.45) is 10.9 Å². The average molecular weight is 222 g/mol. The van der Waals surface area contributed by atoms with Crippen molar-refractivity contribution in [3.05, 3.63) is 0 Å². The smallest absolute Gasteiger partial charge is 0.279 e. The molecule has 1 saturated heterocycles. The second kappa shape index (κ2) is 4.58. The monoisotopic (exact) mass is 222 g/mol. The van der Waals surface area contributed by atoms with Crippen LogP contribution in [0.4, 0.5) is 0 Å². The Morgan fingerprint density at radius 2 is 2.07 bits per heavy atom. The Hall–Kier alpha value is -0.860. The molecule has 82 valence electrons. The highest BCUT2D eigenvalue weighted by molar-refractivity contribution is 7.87. The number of nitrogens with zero attached hydrogens (tertiary/aromatic N) is 2. The minimum absolute atomic E-state index is 0.159. The standard InChI is InChI=1S/C6H14N4O3S/c7-6(9-11)5-8-14(12,13)10-3-1-2-4-10/h8,11H,1-5H2,(H2,7,9). The van der Waals surface area contributed by atoms with Gasteiger partial charge in [-0.15, -0.1) is 0 Å². The van der Waals surface area contributed by atoms with Crippen LogP contribution in [0.3, 0.4) is 0 Å². The van der Waals surface area contributed by atoms with Gasteiger partial charge in [-0.2, -0.15) is 17.4 Å². The Labute approximate surface area is 82.7 Å². The van der Waals surface area contributed by atoms with Gasteiger partial charge in [0.25, 0.3) is 10.2 Å². The summed E-state index contributed by atoms with van der Waals surface area (Å²) in [7, 11) is -3.45. The minimum Gasteiger partial charge on any atom is -0.409 e. The lowest BCUT2D eigenvalue weighted by molar-refractivity contribution is 0.317. The molecule has 0 bridgehead atoms. The molecule has 0 aromatic carbocycles. The van der Waals surface area contributed by atoms with E-state index in [-0.39, 0.29) is 12.4 Å². The zero-order valence-corrected chi connectivity index (χ0v) is 8.50. The van der Waals surface area contributed by atoms with Crippen LogP contribution in [0.5, 0.6) is 0 Å². The third kappa shape index (κ3) is 2.82. The lowest BCUT2D eigenvalue weighted by Gasteiger charge is -2.15. The van der Waals surface area contributed by atoms with E-state index in [4.69, 9.17) is 10.9 Å². The molecule has 1 aliphatic heterocycles. The van der Waals surface area contributed by atoms with Crippen LogP contribution in [0.25, 0.3) is 0 Å². The van der Waals surface area contributed by atoms with Crippen molar-refractivity contribution in [3.63, 3.8) is 0 Å². The van der Waals surface area contributed by atoms with Crippen LogP contribution in [-0.4, -0.2) is 43.4 Å². The van der Waals surface area contributed by atoms with Crippen LogP contribution >= 0.6 is 0 Å². The van der Waals surface area contributed by atoms with Gasteiger partial charge in [-0.1, -0.05) is 5.16 Å². The van der Waals surface area contributed by atoms with Crippen LogP contribution in [-0.2, 0) is 10.2 Å². The number of nitrogens with one attached hydrogen (secondary N) is 1. The largest absolute Gasteiger partial charge is 0.409 e. The second-order valence-corrected chi connectivity index (χ2v) is 4.78. The zero-order chi connectivity index (χ0) is 10.6. The van der Waals surface area contributed by atoms with Gasteiger partial charge in [0.2, 0.25) is 0 Å². The topological polar surface area (TPSA) is 108 Å². The molecule has 0 spiro atoms. The molecule has 14 heavy (non-hydrogen) atoms. The highest BCUT2D eigenvalue weighted by atomic mass is 32.2. The summed E-state index contributed by atoms with van der Waals surface area (Å²) in [5, 5.41) is 10.9. The molecule has 0 saturated carbocycles. The van der Waals surface area contributed by atoms with E-state index in [1.807, 2.05) is 0 Å². The lowest BCUT2D eigenvalue weighted by atomic mass is 10.4. The molecule has 4 N–H and O–H groups in total. The number of oxime groups is 1. The van der Waals surface area contributed by atoms with Crippen molar-refractivity contribution < 1.29 is 13.6 Å². The maximum atomic E-state index is 11.5. The molecule has 1 aliphatic rings. The summed E-state index contributed by atoms with van der Waals surface area (Å²) in [6, 6.07) is 0. The van der Waals surface area contributed by atoms with Crippen molar-refractivity contribution in [1.82, 2.24) is 9.03 Å². The lowest BCUT2D eigenvalue weighted by Crippen LogP contribution is -2.42. The van der Waals surface area contributed by atoms with E-state index in [0.29, 0.717) is 13.1 Å². The molecule has 0 aromatic rings. The second-order valence-electron chi connectivity index (χ2n) is 3.02. The first kappa shape index (κ1) is 11.2. The summed E-state index contributed by atoms with van der Waals surface area (Å²) >= 11 is 0. The van der Waals surface area contributed by atoms with Crippen LogP contribution in [0, 0.1) is 0 Å².